The lowest BCUT2D eigenvalue weighted by molar-refractivity contribution is -0.131. The van der Waals surface area contributed by atoms with Crippen LogP contribution in [-0.2, 0) is 22.6 Å². The van der Waals surface area contributed by atoms with Crippen molar-refractivity contribution in [3.8, 4) is 0 Å². The first-order chi connectivity index (χ1) is 22.1. The molecule has 0 spiro atoms. The van der Waals surface area contributed by atoms with Crippen LogP contribution >= 0.6 is 22.9 Å². The van der Waals surface area contributed by atoms with Gasteiger partial charge in [-0.25, -0.2) is 15.0 Å². The Bertz CT molecular complexity index is 1680. The molecule has 14 nitrogen and oxygen atoms in total. The molecular formula is C30H36ClN11O3S. The molecule has 3 amide bonds. The number of primary amides is 1. The van der Waals surface area contributed by atoms with Gasteiger partial charge in [-0.15, -0.1) is 5.10 Å². The summed E-state index contributed by atoms with van der Waals surface area (Å²) in [6.07, 6.45) is 6.06. The molecule has 0 atom stereocenters. The Morgan fingerprint density at radius 1 is 1.07 bits per heavy atom. The van der Waals surface area contributed by atoms with E-state index in [1.54, 1.807) is 10.7 Å². The number of hydrogen-bond acceptors (Lipinski definition) is 11. The number of nitrogens with zero attached hydrogens (tertiary/aromatic N) is 8. The van der Waals surface area contributed by atoms with Crippen LogP contribution in [0.1, 0.15) is 52.4 Å². The van der Waals surface area contributed by atoms with Gasteiger partial charge < -0.3 is 26.2 Å². The molecule has 4 N–H and O–H groups in total. The number of aromatic nitrogens is 6. The first-order valence-electron chi connectivity index (χ1n) is 15.0. The van der Waals surface area contributed by atoms with Gasteiger partial charge in [0.2, 0.25) is 11.8 Å². The number of para-hydroxylation sites is 1. The summed E-state index contributed by atoms with van der Waals surface area (Å²) in [6.45, 7) is 6.76. The van der Waals surface area contributed by atoms with Crippen LogP contribution in [0.5, 0.6) is 0 Å². The summed E-state index contributed by atoms with van der Waals surface area (Å²) in [5.74, 6) is 1.40. The zero-order valence-electron chi connectivity index (χ0n) is 25.7. The van der Waals surface area contributed by atoms with Crippen molar-refractivity contribution in [2.45, 2.75) is 52.5 Å². The van der Waals surface area contributed by atoms with Gasteiger partial charge >= 0.3 is 0 Å². The van der Waals surface area contributed by atoms with Crippen molar-refractivity contribution in [1.82, 2.24) is 34.8 Å². The highest BCUT2D eigenvalue weighted by Crippen LogP contribution is 2.28. The number of carbonyl (C=O) groups excluding carboxylic acids is 3. The monoisotopic (exact) mass is 665 g/mol. The summed E-state index contributed by atoms with van der Waals surface area (Å²) < 4.78 is 1.70. The highest BCUT2D eigenvalue weighted by atomic mass is 35.5. The third kappa shape index (κ3) is 8.75. The largest absolute Gasteiger partial charge is 0.370 e. The van der Waals surface area contributed by atoms with Gasteiger partial charge in [0, 0.05) is 57.8 Å². The molecule has 0 saturated carbocycles. The zero-order valence-corrected chi connectivity index (χ0v) is 27.3. The maximum absolute atomic E-state index is 12.9. The molecule has 4 aromatic rings. The normalized spacial score (nSPS) is 13.1. The second-order valence-electron chi connectivity index (χ2n) is 11.0. The average Bonchev–Trinajstić information content (AvgIpc) is 3.68. The van der Waals surface area contributed by atoms with Crippen LogP contribution in [-0.4, -0.2) is 78.7 Å². The molecule has 1 aliphatic rings. The lowest BCUT2D eigenvalue weighted by atomic mass is 10.1. The minimum absolute atomic E-state index is 0.114. The fraction of sp³-hybridized carbons (Fsp3) is 0.400. The zero-order chi connectivity index (χ0) is 32.6. The molecule has 0 unspecified atom stereocenters. The summed E-state index contributed by atoms with van der Waals surface area (Å²) in [7, 11) is 0. The lowest BCUT2D eigenvalue weighted by Gasteiger charge is -2.35. The molecule has 1 fully saturated rings. The number of nitrogens with one attached hydrogen (secondary N) is 2. The van der Waals surface area contributed by atoms with E-state index < -0.39 is 0 Å². The Kier molecular flexibility index (Phi) is 10.8. The molecule has 242 valence electrons. The summed E-state index contributed by atoms with van der Waals surface area (Å²) in [5.41, 5.74) is 7.44. The highest BCUT2D eigenvalue weighted by molar-refractivity contribution is 7.17. The SMILES string of the molecule is Cc1nc(Nc2ncc(C(=O)Nc3c(C)cccc3Cl)s2)cc(N2CCN(C(=O)CCCc3cn(CCCC(N)=O)nn3)CC2)n1. The molecule has 1 aliphatic heterocycles. The van der Waals surface area contributed by atoms with E-state index >= 15 is 0 Å². The number of benzene rings is 1. The molecule has 0 bridgehead atoms. The number of aryl methyl sites for hydroxylation is 4. The van der Waals surface area contributed by atoms with Crippen LogP contribution in [0.4, 0.5) is 22.5 Å². The van der Waals surface area contributed by atoms with Gasteiger partial charge in [-0.05, 0) is 44.7 Å². The van der Waals surface area contributed by atoms with E-state index in [1.165, 1.54) is 17.5 Å². The predicted octanol–water partition coefficient (Wildman–Crippen LogP) is 3.73. The fourth-order valence-electron chi connectivity index (χ4n) is 5.03. The predicted molar refractivity (Wildman–Crippen MR) is 176 cm³/mol. The summed E-state index contributed by atoms with van der Waals surface area (Å²) >= 11 is 7.47. The molecule has 4 heterocycles. The third-order valence-corrected chi connectivity index (χ3v) is 8.65. The van der Waals surface area contributed by atoms with Crippen LogP contribution in [0, 0.1) is 13.8 Å². The maximum atomic E-state index is 12.9. The first kappa shape index (κ1) is 32.8. The van der Waals surface area contributed by atoms with Crippen LogP contribution in [0.3, 0.4) is 0 Å². The van der Waals surface area contributed by atoms with Gasteiger partial charge in [0.1, 0.15) is 22.3 Å². The van der Waals surface area contributed by atoms with Crippen molar-refractivity contribution in [3.05, 3.63) is 63.6 Å². The van der Waals surface area contributed by atoms with Gasteiger partial charge in [0.05, 0.1) is 22.6 Å². The van der Waals surface area contributed by atoms with E-state index in [1.807, 2.05) is 43.1 Å². The topological polar surface area (TPSA) is 177 Å². The molecule has 1 saturated heterocycles. The Hall–Kier alpha value is -4.63. The van der Waals surface area contributed by atoms with Crippen LogP contribution in [0.25, 0.3) is 0 Å². The van der Waals surface area contributed by atoms with E-state index in [9.17, 15) is 14.4 Å². The third-order valence-electron chi connectivity index (χ3n) is 7.43. The van der Waals surface area contributed by atoms with Crippen molar-refractivity contribution in [1.29, 1.82) is 0 Å². The minimum atomic E-state index is -0.330. The second-order valence-corrected chi connectivity index (χ2v) is 12.4. The molecular weight excluding hydrogens is 630 g/mol. The molecule has 0 aliphatic carbocycles. The van der Waals surface area contributed by atoms with E-state index in [0.29, 0.717) is 97.2 Å². The van der Waals surface area contributed by atoms with Crippen LogP contribution in [0.15, 0.2) is 36.7 Å². The number of hydrogen-bond donors (Lipinski definition) is 3. The number of amides is 3. The Morgan fingerprint density at radius 3 is 2.63 bits per heavy atom. The fourth-order valence-corrected chi connectivity index (χ4v) is 6.02. The summed E-state index contributed by atoms with van der Waals surface area (Å²) in [4.78, 5) is 54.5. The first-order valence-corrected chi connectivity index (χ1v) is 16.2. The summed E-state index contributed by atoms with van der Waals surface area (Å²) in [5, 5.41) is 15.3. The molecule has 16 heteroatoms. The Morgan fingerprint density at radius 2 is 1.87 bits per heavy atom. The van der Waals surface area contributed by atoms with E-state index in [2.05, 4.69) is 40.8 Å². The van der Waals surface area contributed by atoms with Crippen molar-refractivity contribution in [2.24, 2.45) is 5.73 Å². The van der Waals surface area contributed by atoms with E-state index in [-0.39, 0.29) is 17.7 Å². The molecule has 1 aromatic carbocycles. The molecule has 3 aromatic heterocycles. The standard InChI is InChI=1S/C30H36ClN11O3S/c1-19-6-3-8-22(31)28(19)37-29(45)23-17-33-30(46-23)36-25-16-26(35-20(2)34-25)40-12-14-41(15-13-40)27(44)10-4-7-21-18-42(39-38-21)11-5-9-24(32)43/h3,6,8,16-18H,4-5,7,9-15H2,1-2H3,(H2,32,43)(H,37,45)(H,33,34,35,36). The number of anilines is 4. The highest BCUT2D eigenvalue weighted by Gasteiger charge is 2.23. The smallest absolute Gasteiger partial charge is 0.267 e. The van der Waals surface area contributed by atoms with E-state index in [4.69, 9.17) is 17.3 Å². The van der Waals surface area contributed by atoms with Gasteiger partial charge in [0.15, 0.2) is 5.13 Å². The molecule has 46 heavy (non-hydrogen) atoms. The lowest BCUT2D eigenvalue weighted by Crippen LogP contribution is -2.49. The summed E-state index contributed by atoms with van der Waals surface area (Å²) in [6, 6.07) is 7.29. The Labute approximate surface area is 275 Å². The van der Waals surface area contributed by atoms with Gasteiger partial charge in [-0.3, -0.25) is 19.1 Å². The van der Waals surface area contributed by atoms with Crippen molar-refractivity contribution in [3.63, 3.8) is 0 Å². The average molecular weight is 666 g/mol. The molecule has 0 radical (unpaired) electrons. The van der Waals surface area contributed by atoms with Gasteiger partial charge in [-0.1, -0.05) is 40.3 Å². The van der Waals surface area contributed by atoms with E-state index in [0.717, 1.165) is 17.1 Å². The van der Waals surface area contributed by atoms with Gasteiger partial charge in [-0.2, -0.15) is 0 Å². The quantitative estimate of drug-likeness (QED) is 0.191. The number of halogens is 1. The number of carbonyl (C=O) groups is 3. The maximum Gasteiger partial charge on any atom is 0.267 e. The van der Waals surface area contributed by atoms with Gasteiger partial charge in [0.25, 0.3) is 5.91 Å². The van der Waals surface area contributed by atoms with Crippen molar-refractivity contribution >= 4 is 63.1 Å². The van der Waals surface area contributed by atoms with Crippen molar-refractivity contribution < 1.29 is 14.4 Å². The molecule has 5 rings (SSSR count). The van der Waals surface area contributed by atoms with Crippen molar-refractivity contribution in [2.75, 3.05) is 41.7 Å². The Balaban J connectivity index is 1.09. The number of thiazole rings is 1. The minimum Gasteiger partial charge on any atom is -0.370 e. The second kappa shape index (κ2) is 15.1. The number of piperazine rings is 1. The van der Waals surface area contributed by atoms with Crippen LogP contribution < -0.4 is 21.3 Å². The van der Waals surface area contributed by atoms with Crippen LogP contribution in [0.2, 0.25) is 5.02 Å². The number of nitrogens with two attached hydrogens (primary N) is 1. The number of rotatable bonds is 13.